The van der Waals surface area contributed by atoms with Crippen LogP contribution < -0.4 is 4.74 Å². The molecule has 5 nitrogen and oxygen atoms in total. The molecule has 1 aliphatic carbocycles. The number of aryl methyl sites for hydroxylation is 1. The van der Waals surface area contributed by atoms with E-state index in [9.17, 15) is 18.0 Å². The molecule has 1 aliphatic heterocycles. The summed E-state index contributed by atoms with van der Waals surface area (Å²) < 4.78 is 44.8. The summed E-state index contributed by atoms with van der Waals surface area (Å²) in [6.07, 6.45) is 3.20. The quantitative estimate of drug-likeness (QED) is 0.530. The van der Waals surface area contributed by atoms with Crippen LogP contribution in [0.5, 0.6) is 5.75 Å². The molecule has 32 heavy (non-hydrogen) atoms. The number of aliphatic carboxylic acids is 1. The number of hydrogen-bond acceptors (Lipinski definition) is 4. The molecule has 1 heterocycles. The Balaban J connectivity index is 1.34. The predicted octanol–water partition coefficient (Wildman–Crippen LogP) is 4.50. The minimum absolute atomic E-state index is 0.0238. The van der Waals surface area contributed by atoms with E-state index >= 15 is 0 Å². The number of carbonyl (C=O) groups is 1. The molecule has 0 amide bonds. The van der Waals surface area contributed by atoms with E-state index < -0.39 is 18.1 Å². The number of rotatable bonds is 10. The van der Waals surface area contributed by atoms with Crippen molar-refractivity contribution in [2.45, 2.75) is 38.3 Å². The van der Waals surface area contributed by atoms with Crippen molar-refractivity contribution in [1.82, 2.24) is 9.80 Å². The number of ether oxygens (including phenoxy) is 1. The summed E-state index contributed by atoms with van der Waals surface area (Å²) in [5, 5.41) is 8.67. The van der Waals surface area contributed by atoms with Crippen molar-refractivity contribution >= 4 is 5.97 Å². The van der Waals surface area contributed by atoms with Crippen molar-refractivity contribution in [3.05, 3.63) is 53.8 Å². The summed E-state index contributed by atoms with van der Waals surface area (Å²) in [5.41, 5.74) is 1.84. The Morgan fingerprint density at radius 3 is 2.47 bits per heavy atom. The lowest BCUT2D eigenvalue weighted by atomic mass is 9.98. The summed E-state index contributed by atoms with van der Waals surface area (Å²) in [5.74, 6) is -1.34. The number of piperazine rings is 1. The minimum Gasteiger partial charge on any atom is -0.492 e. The number of allylic oxidation sites excluding steroid dienone is 3. The molecule has 2 aliphatic rings. The van der Waals surface area contributed by atoms with Gasteiger partial charge in [-0.1, -0.05) is 18.2 Å². The van der Waals surface area contributed by atoms with Crippen molar-refractivity contribution in [3.63, 3.8) is 0 Å². The van der Waals surface area contributed by atoms with Crippen LogP contribution in [0, 0.1) is 5.92 Å². The van der Waals surface area contributed by atoms with E-state index in [2.05, 4.69) is 4.90 Å². The van der Waals surface area contributed by atoms with Gasteiger partial charge in [0, 0.05) is 44.8 Å². The molecule has 1 aromatic carbocycles. The van der Waals surface area contributed by atoms with Gasteiger partial charge in [0.25, 0.3) is 0 Å². The van der Waals surface area contributed by atoms with Gasteiger partial charge in [-0.3, -0.25) is 9.69 Å². The van der Waals surface area contributed by atoms with Gasteiger partial charge in [0.15, 0.2) is 0 Å². The second-order valence-electron chi connectivity index (χ2n) is 8.30. The smallest absolute Gasteiger partial charge is 0.395 e. The average molecular weight is 453 g/mol. The zero-order valence-electron chi connectivity index (χ0n) is 18.2. The van der Waals surface area contributed by atoms with Crippen LogP contribution in [0.15, 0.2) is 48.2 Å². The SMILES string of the molecule is O=C(O)CCCCc1ccc(OCCN2CCN(C3=CC(C(F)(F)F)CC=C3)CC2)cc1. The largest absolute Gasteiger partial charge is 0.492 e. The second-order valence-corrected chi connectivity index (χ2v) is 8.30. The van der Waals surface area contributed by atoms with Crippen LogP contribution >= 0.6 is 0 Å². The Labute approximate surface area is 187 Å². The van der Waals surface area contributed by atoms with E-state index in [0.717, 1.165) is 43.8 Å². The van der Waals surface area contributed by atoms with Crippen LogP contribution in [-0.4, -0.2) is 66.4 Å². The van der Waals surface area contributed by atoms with Gasteiger partial charge in [-0.2, -0.15) is 13.2 Å². The first-order chi connectivity index (χ1) is 15.3. The van der Waals surface area contributed by atoms with E-state index in [4.69, 9.17) is 9.84 Å². The zero-order valence-corrected chi connectivity index (χ0v) is 18.2. The molecule has 1 unspecified atom stereocenters. The van der Waals surface area contributed by atoms with Gasteiger partial charge >= 0.3 is 12.1 Å². The van der Waals surface area contributed by atoms with Crippen LogP contribution in [0.3, 0.4) is 0 Å². The second kappa shape index (κ2) is 11.4. The minimum atomic E-state index is -4.19. The number of nitrogens with zero attached hydrogens (tertiary/aromatic N) is 2. The fourth-order valence-electron chi connectivity index (χ4n) is 3.98. The molecule has 0 aromatic heterocycles. The topological polar surface area (TPSA) is 53.0 Å². The lowest BCUT2D eigenvalue weighted by Gasteiger charge is -2.37. The lowest BCUT2D eigenvalue weighted by molar-refractivity contribution is -0.160. The summed E-state index contributed by atoms with van der Waals surface area (Å²) >= 11 is 0. The van der Waals surface area contributed by atoms with Crippen LogP contribution in [0.2, 0.25) is 0 Å². The first-order valence-electron chi connectivity index (χ1n) is 11.2. The van der Waals surface area contributed by atoms with E-state index in [1.807, 2.05) is 29.2 Å². The molecule has 3 rings (SSSR count). The number of hydrogen-bond donors (Lipinski definition) is 1. The third-order valence-corrected chi connectivity index (χ3v) is 5.91. The predicted molar refractivity (Wildman–Crippen MR) is 117 cm³/mol. The highest BCUT2D eigenvalue weighted by molar-refractivity contribution is 5.66. The van der Waals surface area contributed by atoms with Crippen molar-refractivity contribution in [2.75, 3.05) is 39.3 Å². The molecule has 1 fully saturated rings. The Kier molecular flexibility index (Phi) is 8.61. The van der Waals surface area contributed by atoms with Crippen molar-refractivity contribution in [3.8, 4) is 5.75 Å². The summed E-state index contributed by atoms with van der Waals surface area (Å²) in [4.78, 5) is 14.8. The summed E-state index contributed by atoms with van der Waals surface area (Å²) in [7, 11) is 0. The van der Waals surface area contributed by atoms with Gasteiger partial charge in [-0.25, -0.2) is 0 Å². The van der Waals surface area contributed by atoms with Crippen molar-refractivity contribution < 1.29 is 27.8 Å². The first-order valence-corrected chi connectivity index (χ1v) is 11.2. The molecule has 176 valence electrons. The summed E-state index contributed by atoms with van der Waals surface area (Å²) in [6.45, 7) is 4.32. The van der Waals surface area contributed by atoms with Crippen LogP contribution in [-0.2, 0) is 11.2 Å². The number of benzene rings is 1. The summed E-state index contributed by atoms with van der Waals surface area (Å²) in [6, 6.07) is 7.88. The normalized spacial score (nSPS) is 19.7. The highest BCUT2D eigenvalue weighted by atomic mass is 19.4. The molecular weight excluding hydrogens is 421 g/mol. The number of unbranched alkanes of at least 4 members (excludes halogenated alkanes) is 1. The highest BCUT2D eigenvalue weighted by Gasteiger charge is 2.38. The van der Waals surface area contributed by atoms with E-state index in [1.165, 1.54) is 6.08 Å². The van der Waals surface area contributed by atoms with Crippen molar-refractivity contribution in [2.24, 2.45) is 5.92 Å². The van der Waals surface area contributed by atoms with E-state index in [0.29, 0.717) is 31.8 Å². The Bertz CT molecular complexity index is 798. The Morgan fingerprint density at radius 1 is 1.09 bits per heavy atom. The van der Waals surface area contributed by atoms with Gasteiger partial charge in [0.2, 0.25) is 0 Å². The first kappa shape index (κ1) is 24.2. The standard InChI is InChI=1S/C24H31F3N2O3/c25-24(26,27)20-5-3-6-21(18-20)29-14-12-28(13-15-29)16-17-32-22-10-8-19(9-11-22)4-1-2-7-23(30)31/h3,6,8-11,18,20H,1-2,4-5,7,12-17H2,(H,30,31). The number of halogens is 3. The van der Waals surface area contributed by atoms with Gasteiger partial charge in [0.1, 0.15) is 12.4 Å². The van der Waals surface area contributed by atoms with Crippen LogP contribution in [0.25, 0.3) is 0 Å². The zero-order chi connectivity index (χ0) is 23.0. The van der Waals surface area contributed by atoms with Crippen LogP contribution in [0.1, 0.15) is 31.2 Å². The number of alkyl halides is 3. The monoisotopic (exact) mass is 452 g/mol. The molecule has 8 heteroatoms. The molecule has 1 N–H and O–H groups in total. The fraction of sp³-hybridized carbons (Fsp3) is 0.542. The Morgan fingerprint density at radius 2 is 1.81 bits per heavy atom. The Hall–Kier alpha value is -2.48. The van der Waals surface area contributed by atoms with E-state index in [1.54, 1.807) is 12.2 Å². The molecule has 1 atom stereocenters. The maximum Gasteiger partial charge on any atom is 0.395 e. The third-order valence-electron chi connectivity index (χ3n) is 5.91. The fourth-order valence-corrected chi connectivity index (χ4v) is 3.98. The maximum atomic E-state index is 13.0. The van der Waals surface area contributed by atoms with Gasteiger partial charge in [0.05, 0.1) is 5.92 Å². The van der Waals surface area contributed by atoms with E-state index in [-0.39, 0.29) is 12.8 Å². The van der Waals surface area contributed by atoms with Crippen LogP contribution in [0.4, 0.5) is 13.2 Å². The average Bonchev–Trinajstić information content (AvgIpc) is 2.77. The van der Waals surface area contributed by atoms with Gasteiger partial charge < -0.3 is 14.7 Å². The molecule has 1 aromatic rings. The molecule has 0 bridgehead atoms. The lowest BCUT2D eigenvalue weighted by Crippen LogP contribution is -2.47. The van der Waals surface area contributed by atoms with Crippen molar-refractivity contribution in [1.29, 1.82) is 0 Å². The molecule has 1 saturated heterocycles. The molecule has 0 saturated carbocycles. The number of carboxylic acids is 1. The highest BCUT2D eigenvalue weighted by Crippen LogP contribution is 2.34. The molecule has 0 radical (unpaired) electrons. The molecular formula is C24H31F3N2O3. The third kappa shape index (κ3) is 7.58. The molecule has 0 spiro atoms. The maximum absolute atomic E-state index is 13.0. The van der Waals surface area contributed by atoms with Gasteiger partial charge in [-0.15, -0.1) is 0 Å². The van der Waals surface area contributed by atoms with Gasteiger partial charge in [-0.05, 0) is 55.5 Å². The number of carboxylic acid groups (broad SMARTS) is 1.